The maximum atomic E-state index is 12.4. The van der Waals surface area contributed by atoms with Crippen LogP contribution in [0.1, 0.15) is 70.4 Å². The molecule has 0 unspecified atom stereocenters. The molecule has 1 N–H and O–H groups in total. The van der Waals surface area contributed by atoms with Crippen LogP contribution in [0.3, 0.4) is 0 Å². The van der Waals surface area contributed by atoms with Gasteiger partial charge in [0.2, 0.25) is 5.91 Å². The van der Waals surface area contributed by atoms with Gasteiger partial charge in [-0.3, -0.25) is 4.79 Å². The van der Waals surface area contributed by atoms with Gasteiger partial charge in [-0.15, -0.1) is 0 Å². The van der Waals surface area contributed by atoms with E-state index in [-0.39, 0.29) is 17.2 Å². The van der Waals surface area contributed by atoms with Gasteiger partial charge < -0.3 is 10.0 Å². The molecule has 0 aromatic heterocycles. The second-order valence-electron chi connectivity index (χ2n) is 10.3. The summed E-state index contributed by atoms with van der Waals surface area (Å²) >= 11 is 0. The molecular formula is C22H31NO2. The highest BCUT2D eigenvalue weighted by molar-refractivity contribution is 5.81. The van der Waals surface area contributed by atoms with Crippen LogP contribution in [-0.4, -0.2) is 34.6 Å². The number of amides is 1. The van der Waals surface area contributed by atoms with Crippen molar-refractivity contribution < 1.29 is 9.90 Å². The van der Waals surface area contributed by atoms with Crippen LogP contribution in [0.5, 0.6) is 0 Å². The lowest BCUT2D eigenvalue weighted by molar-refractivity contribution is -0.168. The highest BCUT2D eigenvalue weighted by Crippen LogP contribution is 2.57. The van der Waals surface area contributed by atoms with E-state index in [0.29, 0.717) is 24.2 Å². The summed E-state index contributed by atoms with van der Waals surface area (Å²) in [7, 11) is 0. The number of nitrogens with zero attached hydrogens (tertiary/aromatic N) is 1. The van der Waals surface area contributed by atoms with Crippen LogP contribution in [-0.2, 0) is 10.2 Å². The fourth-order valence-electron chi connectivity index (χ4n) is 5.09. The molecule has 1 aromatic carbocycles. The number of benzene rings is 1. The molecule has 1 spiro atoms. The zero-order chi connectivity index (χ0) is 18.0. The quantitative estimate of drug-likeness (QED) is 0.887. The molecule has 3 heteroatoms. The van der Waals surface area contributed by atoms with Crippen molar-refractivity contribution in [3.63, 3.8) is 0 Å². The van der Waals surface area contributed by atoms with Gasteiger partial charge in [0.25, 0.3) is 0 Å². The highest BCUT2D eigenvalue weighted by Gasteiger charge is 2.55. The lowest BCUT2D eigenvalue weighted by Gasteiger charge is -2.60. The molecule has 2 aliphatic carbocycles. The molecule has 25 heavy (non-hydrogen) atoms. The zero-order valence-electron chi connectivity index (χ0n) is 16.0. The Kier molecular flexibility index (Phi) is 3.64. The molecule has 3 fully saturated rings. The molecule has 1 heterocycles. The van der Waals surface area contributed by atoms with Crippen molar-refractivity contribution in [3.8, 4) is 0 Å². The number of aliphatic hydroxyl groups is 1. The van der Waals surface area contributed by atoms with Crippen molar-refractivity contribution in [1.82, 2.24) is 4.90 Å². The first-order valence-electron chi connectivity index (χ1n) is 9.69. The minimum Gasteiger partial charge on any atom is -0.390 e. The number of likely N-dealkylation sites (tertiary alicyclic amines) is 1. The summed E-state index contributed by atoms with van der Waals surface area (Å²) in [4.78, 5) is 14.5. The second kappa shape index (κ2) is 5.33. The highest BCUT2D eigenvalue weighted by atomic mass is 16.3. The Hall–Kier alpha value is -1.35. The molecule has 3 aliphatic rings. The molecule has 0 radical (unpaired) electrons. The topological polar surface area (TPSA) is 40.5 Å². The molecule has 1 saturated heterocycles. The normalized spacial score (nSPS) is 31.2. The van der Waals surface area contributed by atoms with E-state index < -0.39 is 5.60 Å². The van der Waals surface area contributed by atoms with Crippen LogP contribution in [0, 0.1) is 11.3 Å². The van der Waals surface area contributed by atoms with Crippen molar-refractivity contribution in [3.05, 3.63) is 35.4 Å². The Labute approximate surface area is 151 Å². The zero-order valence-corrected chi connectivity index (χ0v) is 16.0. The molecule has 1 amide bonds. The molecule has 0 atom stereocenters. The summed E-state index contributed by atoms with van der Waals surface area (Å²) in [5, 5.41) is 9.83. The van der Waals surface area contributed by atoms with Crippen LogP contribution in [0.25, 0.3) is 0 Å². The maximum absolute atomic E-state index is 12.4. The molecular weight excluding hydrogens is 310 g/mol. The Morgan fingerprint density at radius 2 is 1.80 bits per heavy atom. The summed E-state index contributed by atoms with van der Waals surface area (Å²) in [6, 6.07) is 9.08. The fourth-order valence-corrected chi connectivity index (χ4v) is 5.09. The summed E-state index contributed by atoms with van der Waals surface area (Å²) in [5.41, 5.74) is 2.85. The molecule has 136 valence electrons. The van der Waals surface area contributed by atoms with E-state index in [0.717, 1.165) is 13.1 Å². The third-order valence-corrected chi connectivity index (χ3v) is 6.67. The second-order valence-corrected chi connectivity index (χ2v) is 10.3. The first kappa shape index (κ1) is 17.1. The summed E-state index contributed by atoms with van der Waals surface area (Å²) in [5.74, 6) is 0.992. The lowest BCUT2D eigenvalue weighted by atomic mass is 9.55. The summed E-state index contributed by atoms with van der Waals surface area (Å²) in [6.45, 7) is 10.5. The van der Waals surface area contributed by atoms with Gasteiger partial charge in [0.15, 0.2) is 0 Å². The van der Waals surface area contributed by atoms with Gasteiger partial charge in [-0.25, -0.2) is 0 Å². The van der Waals surface area contributed by atoms with Crippen molar-refractivity contribution in [1.29, 1.82) is 0 Å². The number of hydrogen-bond donors (Lipinski definition) is 1. The molecule has 1 aromatic rings. The lowest BCUT2D eigenvalue weighted by Crippen LogP contribution is -2.65. The molecule has 0 bridgehead atoms. The molecule has 1 aliphatic heterocycles. The van der Waals surface area contributed by atoms with Crippen LogP contribution in [0.4, 0.5) is 0 Å². The van der Waals surface area contributed by atoms with Crippen molar-refractivity contribution >= 4 is 5.91 Å². The van der Waals surface area contributed by atoms with Crippen LogP contribution in [0.2, 0.25) is 0 Å². The maximum Gasteiger partial charge on any atom is 0.225 e. The Morgan fingerprint density at radius 3 is 2.36 bits per heavy atom. The van der Waals surface area contributed by atoms with E-state index in [1.165, 1.54) is 24.0 Å². The Bertz CT molecular complexity index is 678. The minimum absolute atomic E-state index is 0.0618. The molecule has 4 rings (SSSR count). The van der Waals surface area contributed by atoms with Crippen molar-refractivity contribution in [2.75, 3.05) is 13.1 Å². The van der Waals surface area contributed by atoms with Gasteiger partial charge >= 0.3 is 0 Å². The van der Waals surface area contributed by atoms with Crippen LogP contribution in [0.15, 0.2) is 24.3 Å². The van der Waals surface area contributed by atoms with Gasteiger partial charge in [-0.2, -0.15) is 0 Å². The monoisotopic (exact) mass is 341 g/mol. The van der Waals surface area contributed by atoms with E-state index >= 15 is 0 Å². The SMILES string of the molecule is CC1(O)CC(C(=O)N2CC3(CC(c4cccc(C(C)(C)C)c4)C3)C2)C1. The standard InChI is InChI=1S/C22H31NO2/c1-20(2,3)18-7-5-6-15(8-18)16-11-22(12-16)13-23(14-22)19(24)17-9-21(4,25)10-17/h5-8,16-17,25H,9-14H2,1-4H3. The van der Waals surface area contributed by atoms with E-state index in [1.807, 2.05) is 11.8 Å². The number of carbonyl (C=O) groups is 1. The van der Waals surface area contributed by atoms with E-state index in [9.17, 15) is 9.90 Å². The summed E-state index contributed by atoms with van der Waals surface area (Å²) < 4.78 is 0. The van der Waals surface area contributed by atoms with E-state index in [2.05, 4.69) is 45.0 Å². The average molecular weight is 341 g/mol. The van der Waals surface area contributed by atoms with E-state index in [4.69, 9.17) is 0 Å². The molecule has 3 nitrogen and oxygen atoms in total. The van der Waals surface area contributed by atoms with Gasteiger partial charge in [0.05, 0.1) is 5.60 Å². The number of carbonyl (C=O) groups excluding carboxylic acids is 1. The van der Waals surface area contributed by atoms with Crippen LogP contribution >= 0.6 is 0 Å². The van der Waals surface area contributed by atoms with Crippen molar-refractivity contribution in [2.45, 2.75) is 70.3 Å². The Morgan fingerprint density at radius 1 is 1.16 bits per heavy atom. The van der Waals surface area contributed by atoms with Crippen LogP contribution < -0.4 is 0 Å². The number of rotatable bonds is 2. The largest absolute Gasteiger partial charge is 0.390 e. The average Bonchev–Trinajstić information content (AvgIpc) is 2.41. The third-order valence-electron chi connectivity index (χ3n) is 6.67. The van der Waals surface area contributed by atoms with Gasteiger partial charge in [0, 0.05) is 24.4 Å². The van der Waals surface area contributed by atoms with Gasteiger partial charge in [-0.05, 0) is 55.1 Å². The Balaban J connectivity index is 1.31. The van der Waals surface area contributed by atoms with Gasteiger partial charge in [0.1, 0.15) is 0 Å². The van der Waals surface area contributed by atoms with E-state index in [1.54, 1.807) is 0 Å². The summed E-state index contributed by atoms with van der Waals surface area (Å²) in [6.07, 6.45) is 3.70. The molecule has 2 saturated carbocycles. The predicted molar refractivity (Wildman–Crippen MR) is 99.5 cm³/mol. The minimum atomic E-state index is -0.609. The smallest absolute Gasteiger partial charge is 0.225 e. The third kappa shape index (κ3) is 3.01. The van der Waals surface area contributed by atoms with Gasteiger partial charge in [-0.1, -0.05) is 45.0 Å². The predicted octanol–water partition coefficient (Wildman–Crippen LogP) is 3.85. The fraction of sp³-hybridized carbons (Fsp3) is 0.682. The number of hydrogen-bond acceptors (Lipinski definition) is 2. The first-order chi connectivity index (χ1) is 11.6. The van der Waals surface area contributed by atoms with Crippen molar-refractivity contribution in [2.24, 2.45) is 11.3 Å². The first-order valence-corrected chi connectivity index (χ1v) is 9.69.